The number of para-hydroxylation sites is 1. The van der Waals surface area contributed by atoms with Gasteiger partial charge in [0.1, 0.15) is 73.0 Å². The summed E-state index contributed by atoms with van der Waals surface area (Å²) in [7, 11) is 0. The predicted molar refractivity (Wildman–Crippen MR) is 423 cm³/mol. The van der Waals surface area contributed by atoms with Gasteiger partial charge in [0.15, 0.2) is 0 Å². The Morgan fingerprint density at radius 3 is 1.21 bits per heavy atom. The van der Waals surface area contributed by atoms with E-state index in [9.17, 15) is 73.2 Å². The number of aliphatic hydroxyl groups is 3. The zero-order valence-corrected chi connectivity index (χ0v) is 64.6. The van der Waals surface area contributed by atoms with Crippen LogP contribution in [0.4, 0.5) is 0 Å². The number of fused-ring (bicyclic) bond motifs is 1. The topological polar surface area (TPSA) is 601 Å². The fourth-order valence-corrected chi connectivity index (χ4v) is 12.3. The van der Waals surface area contributed by atoms with Crippen LogP contribution in [0.3, 0.4) is 0 Å². The highest BCUT2D eigenvalue weighted by molar-refractivity contribution is 7.80. The largest absolute Gasteiger partial charge is 0.480 e. The third-order valence-electron chi connectivity index (χ3n) is 18.0. The van der Waals surface area contributed by atoms with Crippen LogP contribution >= 0.6 is 25.3 Å². The number of aromatic amines is 1. The van der Waals surface area contributed by atoms with Gasteiger partial charge in [-0.3, -0.25) is 67.1 Å². The van der Waals surface area contributed by atoms with Crippen molar-refractivity contribution in [1.82, 2.24) is 68.4 Å². The van der Waals surface area contributed by atoms with Gasteiger partial charge in [-0.15, -0.1) is 0 Å². The number of nitrogens with two attached hydrogens (primary N) is 5. The lowest BCUT2D eigenvalue weighted by Gasteiger charge is -2.29. The minimum Gasteiger partial charge on any atom is -0.480 e. The smallest absolute Gasteiger partial charge is 0.323 e. The Labute approximate surface area is 664 Å². The molecule has 13 amide bonds. The lowest BCUT2D eigenvalue weighted by atomic mass is 10.00. The summed E-state index contributed by atoms with van der Waals surface area (Å²) in [6, 6.07) is 12.6. The molecule has 0 radical (unpaired) electrons. The summed E-state index contributed by atoms with van der Waals surface area (Å²) in [6.07, 6.45) is -2.55. The van der Waals surface area contributed by atoms with Crippen molar-refractivity contribution in [3.05, 3.63) is 144 Å². The van der Waals surface area contributed by atoms with Gasteiger partial charge in [0.2, 0.25) is 76.8 Å². The van der Waals surface area contributed by atoms with Crippen molar-refractivity contribution in [2.45, 2.75) is 169 Å². The summed E-state index contributed by atoms with van der Waals surface area (Å²) in [6.45, 7) is 0.400. The number of aromatic nitrogens is 1. The number of hydrogen-bond donors (Lipinski definition) is 23. The molecule has 0 aliphatic carbocycles. The number of carbonyl (C=O) groups excluding carboxylic acids is 13. The molecule has 616 valence electrons. The predicted octanol–water partition coefficient (Wildman–Crippen LogP) is -5.28. The first-order valence-electron chi connectivity index (χ1n) is 36.8. The molecule has 26 N–H and O–H groups in total. The SMILES string of the molecule is C[C@@H](O)[C@H](NC(=O)[C@H](Cc1ccccc1)NC(=O)[C@@H](NC(=O)[C@H](CCCCN)NC(=O)[C@@H](Cc1c[nH]c2ccccc12)NC(=O)[C@H](Cc1ccccc1)NC(=O)[C@H](Cc1ccccc1)NC(=O)[C@H](CC(N)=O)NC(=O)[C@H](CCCCN)NC(=O)[C@@H](N)CS)[C@@H](C)O)C(=O)N[C@@H](CO)C(=O)N[C@@H](CS)C(=O)N(CCN)CC(=O)O. The molecule has 1 heterocycles. The first kappa shape index (κ1) is 93.0. The number of primary amides is 1. The highest BCUT2D eigenvalue weighted by atomic mass is 32.1. The van der Waals surface area contributed by atoms with E-state index in [4.69, 9.17) is 28.7 Å². The van der Waals surface area contributed by atoms with Crippen LogP contribution in [-0.4, -0.2) is 249 Å². The number of nitrogens with one attached hydrogen (secondary N) is 12. The number of aliphatic carboxylic acids is 1. The highest BCUT2D eigenvalue weighted by Crippen LogP contribution is 2.21. The van der Waals surface area contributed by atoms with Crippen LogP contribution < -0.4 is 87.2 Å². The maximum absolute atomic E-state index is 15.3. The maximum Gasteiger partial charge on any atom is 0.323 e. The van der Waals surface area contributed by atoms with Crippen molar-refractivity contribution in [3.8, 4) is 0 Å². The van der Waals surface area contributed by atoms with Gasteiger partial charge >= 0.3 is 5.97 Å². The van der Waals surface area contributed by atoms with E-state index in [0.717, 1.165) is 18.7 Å². The number of carboxylic acids is 1. The zero-order chi connectivity index (χ0) is 83.3. The molecule has 5 rings (SSSR count). The molecule has 0 aliphatic rings. The number of H-pyrrole nitrogens is 1. The van der Waals surface area contributed by atoms with Crippen LogP contribution in [0.2, 0.25) is 0 Å². The van der Waals surface area contributed by atoms with E-state index in [0.29, 0.717) is 52.4 Å². The third kappa shape index (κ3) is 30.8. The van der Waals surface area contributed by atoms with E-state index in [1.165, 1.54) is 0 Å². The van der Waals surface area contributed by atoms with Gasteiger partial charge in [-0.1, -0.05) is 109 Å². The number of nitrogens with zero attached hydrogens (tertiary/aromatic N) is 1. The van der Waals surface area contributed by atoms with Crippen LogP contribution in [-0.2, 0) is 92.8 Å². The van der Waals surface area contributed by atoms with Crippen LogP contribution in [0, 0.1) is 0 Å². The van der Waals surface area contributed by atoms with Gasteiger partial charge in [-0.25, -0.2) is 0 Å². The van der Waals surface area contributed by atoms with E-state index in [1.54, 1.807) is 121 Å². The fourth-order valence-electron chi connectivity index (χ4n) is 11.9. The summed E-state index contributed by atoms with van der Waals surface area (Å²) in [5.74, 6) is -15.1. The van der Waals surface area contributed by atoms with Gasteiger partial charge < -0.3 is 117 Å². The number of unbranched alkanes of at least 4 members (excludes halogenated alkanes) is 2. The van der Waals surface area contributed by atoms with Gasteiger partial charge in [0.25, 0.3) is 0 Å². The second kappa shape index (κ2) is 48.4. The molecule has 36 nitrogen and oxygen atoms in total. The van der Waals surface area contributed by atoms with E-state index in [-0.39, 0.29) is 82.6 Å². The molecule has 113 heavy (non-hydrogen) atoms. The number of aliphatic hydroxyl groups excluding tert-OH is 3. The molecule has 1 aromatic heterocycles. The van der Waals surface area contributed by atoms with Crippen molar-refractivity contribution in [2.24, 2.45) is 28.7 Å². The number of thiol groups is 2. The van der Waals surface area contributed by atoms with Gasteiger partial charge in [-0.2, -0.15) is 25.3 Å². The summed E-state index contributed by atoms with van der Waals surface area (Å²) in [5, 5.41) is 70.3. The quantitative estimate of drug-likeness (QED) is 0.0128. The Bertz CT molecular complexity index is 3980. The molecular weight excluding hydrogens is 1510 g/mol. The van der Waals surface area contributed by atoms with Crippen LogP contribution in [0.25, 0.3) is 10.9 Å². The molecule has 0 fully saturated rings. The molecule has 0 saturated heterocycles. The number of benzene rings is 4. The Morgan fingerprint density at radius 1 is 0.434 bits per heavy atom. The normalized spacial score (nSPS) is 14.9. The Kier molecular flexibility index (Phi) is 39.8. The zero-order valence-electron chi connectivity index (χ0n) is 62.8. The van der Waals surface area contributed by atoms with Crippen molar-refractivity contribution in [3.63, 3.8) is 0 Å². The minimum absolute atomic E-state index is 0.0436. The molecule has 4 aromatic carbocycles. The van der Waals surface area contributed by atoms with E-state index >= 15 is 14.4 Å². The molecule has 0 bridgehead atoms. The summed E-state index contributed by atoms with van der Waals surface area (Å²) in [5.41, 5.74) is 31.3. The number of rotatable bonds is 50. The fraction of sp³-hybridized carbons (Fsp3) is 0.467. The van der Waals surface area contributed by atoms with Crippen LogP contribution in [0.5, 0.6) is 0 Å². The van der Waals surface area contributed by atoms with E-state index in [1.807, 2.05) is 0 Å². The molecule has 38 heteroatoms. The average Bonchev–Trinajstić information content (AvgIpc) is 1.75. The highest BCUT2D eigenvalue weighted by Gasteiger charge is 2.39. The first-order chi connectivity index (χ1) is 53.9. The van der Waals surface area contributed by atoms with Gasteiger partial charge in [-0.05, 0) is 93.8 Å². The Hall–Kier alpha value is -10.6. The Balaban J connectivity index is 1.46. The van der Waals surface area contributed by atoms with Crippen molar-refractivity contribution >= 4 is 119 Å². The second-order valence-electron chi connectivity index (χ2n) is 27.0. The van der Waals surface area contributed by atoms with Crippen LogP contribution in [0.1, 0.15) is 81.0 Å². The molecule has 0 unspecified atom stereocenters. The second-order valence-corrected chi connectivity index (χ2v) is 27.7. The molecule has 14 atom stereocenters. The first-order valence-corrected chi connectivity index (χ1v) is 38.1. The van der Waals surface area contributed by atoms with E-state index in [2.05, 4.69) is 88.7 Å². The molecule has 0 saturated carbocycles. The van der Waals surface area contributed by atoms with E-state index < -0.39 is 187 Å². The van der Waals surface area contributed by atoms with Gasteiger partial charge in [0, 0.05) is 67.4 Å². The lowest BCUT2D eigenvalue weighted by Crippen LogP contribution is -2.63. The molecule has 5 aromatic rings. The summed E-state index contributed by atoms with van der Waals surface area (Å²) >= 11 is 8.18. The maximum atomic E-state index is 15.3. The third-order valence-corrected chi connectivity index (χ3v) is 18.7. The molecule has 0 aliphatic heterocycles. The monoisotopic (exact) mass is 1610 g/mol. The van der Waals surface area contributed by atoms with Gasteiger partial charge in [0.05, 0.1) is 31.3 Å². The summed E-state index contributed by atoms with van der Waals surface area (Å²) in [4.78, 5) is 200. The Morgan fingerprint density at radius 2 is 0.796 bits per heavy atom. The number of carboxylic acid groups (broad SMARTS) is 1. The molecular formula is C75H106N18O18S2. The summed E-state index contributed by atoms with van der Waals surface area (Å²) < 4.78 is 0. The van der Waals surface area contributed by atoms with Crippen molar-refractivity contribution in [2.75, 3.05) is 50.8 Å². The average molecular weight is 1610 g/mol. The number of hydrogen-bond acceptors (Lipinski definition) is 23. The number of carbonyl (C=O) groups is 14. The van der Waals surface area contributed by atoms with Crippen LogP contribution in [0.15, 0.2) is 121 Å². The standard InChI is InChI=1S/C75H106N18O18S2/c1-42(95)62(73(109)88-55(34-46-22-10-5-11-23-46)71(107)92-63(43(2)96)74(110)89-58(39-94)72(108)90-59(41-113)75(111)93(31-30-78)38-61(98)99)91-66(102)52(27-15-17-29-77)83-69(105)56(35-47-37-81-50-25-13-12-24-48(47)50)86-68(104)54(33-45-20-8-4-9-21-45)84-67(103)53(32-44-18-6-3-7-19-44)85-70(106)57(36-60(80)97)87-65(101)51(26-14-16-28-76)82-64(100)49(79)40-112/h3-13,18-25,37,42-43,49,51-59,62-63,81,94-96,112-113H,14-17,26-36,38-41,76-79H2,1-2H3,(H2,80,97)(H,82,100)(H,83,105)(H,84,103)(H,85,106)(H,86,104)(H,87,101)(H,88,109)(H,89,110)(H,90,108)(H,91,102)(H,92,107)(H,98,99)/t42-,43-,49+,51+,52+,53+,54+,55+,56-,57+,58+,59+,62+,63+/m1/s1. The van der Waals surface area contributed by atoms with Crippen molar-refractivity contribution in [1.29, 1.82) is 0 Å². The number of amides is 13. The van der Waals surface area contributed by atoms with Crippen molar-refractivity contribution < 1.29 is 87.5 Å². The minimum atomic E-state index is -1.93. The molecule has 0 spiro atoms. The lowest BCUT2D eigenvalue weighted by molar-refractivity contribution is -0.145.